The second kappa shape index (κ2) is 4.44. The van der Waals surface area contributed by atoms with E-state index in [0.717, 1.165) is 12.8 Å². The van der Waals surface area contributed by atoms with Crippen molar-refractivity contribution in [3.63, 3.8) is 0 Å². The summed E-state index contributed by atoms with van der Waals surface area (Å²) < 4.78 is 0. The first-order valence-electron chi connectivity index (χ1n) is 4.99. The van der Waals surface area contributed by atoms with Gasteiger partial charge < -0.3 is 10.0 Å². The Morgan fingerprint density at radius 2 is 2.07 bits per heavy atom. The van der Waals surface area contributed by atoms with Crippen LogP contribution in [-0.2, 0) is 9.59 Å². The lowest BCUT2D eigenvalue weighted by Gasteiger charge is -2.20. The average molecular weight is 199 g/mol. The summed E-state index contributed by atoms with van der Waals surface area (Å²) in [6, 6.07) is 0. The molecule has 1 fully saturated rings. The maximum absolute atomic E-state index is 11.7. The van der Waals surface area contributed by atoms with E-state index in [0.29, 0.717) is 12.5 Å². The summed E-state index contributed by atoms with van der Waals surface area (Å²) in [5.41, 5.74) is 0. The topological polar surface area (TPSA) is 57.6 Å². The van der Waals surface area contributed by atoms with Crippen LogP contribution < -0.4 is 0 Å². The Hall–Kier alpha value is -1.06. The Morgan fingerprint density at radius 3 is 2.50 bits per heavy atom. The van der Waals surface area contributed by atoms with Crippen molar-refractivity contribution < 1.29 is 14.7 Å². The number of nitrogens with zero attached hydrogens (tertiary/aromatic N) is 1. The molecule has 1 unspecified atom stereocenters. The summed E-state index contributed by atoms with van der Waals surface area (Å²) in [5.74, 6) is -0.180. The van der Waals surface area contributed by atoms with E-state index in [-0.39, 0.29) is 18.2 Å². The molecule has 0 heterocycles. The van der Waals surface area contributed by atoms with Gasteiger partial charge >= 0.3 is 5.97 Å². The molecule has 0 aromatic carbocycles. The SMILES string of the molecule is CC(C(=O)N(C)CCC(=O)O)C1CC1. The first kappa shape index (κ1) is 11.0. The molecule has 1 amide bonds. The summed E-state index contributed by atoms with van der Waals surface area (Å²) >= 11 is 0. The van der Waals surface area contributed by atoms with E-state index in [1.807, 2.05) is 6.92 Å². The quantitative estimate of drug-likeness (QED) is 0.717. The molecule has 0 aliphatic heterocycles. The number of rotatable bonds is 5. The lowest BCUT2D eigenvalue weighted by molar-refractivity contribution is -0.139. The van der Waals surface area contributed by atoms with Crippen molar-refractivity contribution in [2.75, 3.05) is 13.6 Å². The third-order valence-electron chi connectivity index (χ3n) is 2.76. The first-order chi connectivity index (χ1) is 6.52. The van der Waals surface area contributed by atoms with Gasteiger partial charge in [-0.05, 0) is 18.8 Å². The summed E-state index contributed by atoms with van der Waals surface area (Å²) in [4.78, 5) is 23.5. The molecule has 14 heavy (non-hydrogen) atoms. The number of amides is 1. The van der Waals surface area contributed by atoms with Crippen LogP contribution in [0.15, 0.2) is 0 Å². The molecule has 80 valence electrons. The highest BCUT2D eigenvalue weighted by Crippen LogP contribution is 2.37. The van der Waals surface area contributed by atoms with Crippen LogP contribution in [0, 0.1) is 11.8 Å². The van der Waals surface area contributed by atoms with E-state index in [1.54, 1.807) is 7.05 Å². The third kappa shape index (κ3) is 3.01. The van der Waals surface area contributed by atoms with Crippen molar-refractivity contribution in [2.45, 2.75) is 26.2 Å². The van der Waals surface area contributed by atoms with Crippen molar-refractivity contribution >= 4 is 11.9 Å². The highest BCUT2D eigenvalue weighted by Gasteiger charge is 2.33. The largest absolute Gasteiger partial charge is 0.481 e. The van der Waals surface area contributed by atoms with Crippen LogP contribution in [0.5, 0.6) is 0 Å². The van der Waals surface area contributed by atoms with Crippen LogP contribution in [0.1, 0.15) is 26.2 Å². The number of hydrogen-bond donors (Lipinski definition) is 1. The molecule has 1 saturated carbocycles. The summed E-state index contributed by atoms with van der Waals surface area (Å²) in [5, 5.41) is 8.47. The van der Waals surface area contributed by atoms with Crippen LogP contribution in [0.2, 0.25) is 0 Å². The van der Waals surface area contributed by atoms with Crippen molar-refractivity contribution in [3.8, 4) is 0 Å². The van der Waals surface area contributed by atoms with Gasteiger partial charge in [-0.2, -0.15) is 0 Å². The van der Waals surface area contributed by atoms with Crippen molar-refractivity contribution in [1.29, 1.82) is 0 Å². The van der Waals surface area contributed by atoms with E-state index >= 15 is 0 Å². The second-order valence-corrected chi connectivity index (χ2v) is 4.03. The lowest BCUT2D eigenvalue weighted by Crippen LogP contribution is -2.34. The van der Waals surface area contributed by atoms with E-state index in [1.165, 1.54) is 4.90 Å². The minimum atomic E-state index is -0.858. The molecule has 4 nitrogen and oxygen atoms in total. The molecule has 0 saturated heterocycles. The molecular weight excluding hydrogens is 182 g/mol. The zero-order valence-corrected chi connectivity index (χ0v) is 8.69. The molecular formula is C10H17NO3. The summed E-state index contributed by atoms with van der Waals surface area (Å²) in [6.07, 6.45) is 2.30. The van der Waals surface area contributed by atoms with Crippen molar-refractivity contribution in [1.82, 2.24) is 4.90 Å². The predicted molar refractivity (Wildman–Crippen MR) is 51.8 cm³/mol. The zero-order chi connectivity index (χ0) is 10.7. The van der Waals surface area contributed by atoms with Crippen LogP contribution in [-0.4, -0.2) is 35.5 Å². The fourth-order valence-corrected chi connectivity index (χ4v) is 1.52. The number of carbonyl (C=O) groups excluding carboxylic acids is 1. The Bertz CT molecular complexity index is 236. The van der Waals surface area contributed by atoms with Gasteiger partial charge in [0.2, 0.25) is 5.91 Å². The molecule has 1 atom stereocenters. The molecule has 0 bridgehead atoms. The molecule has 0 aromatic heterocycles. The Morgan fingerprint density at radius 1 is 1.50 bits per heavy atom. The van der Waals surface area contributed by atoms with Gasteiger partial charge in [0, 0.05) is 19.5 Å². The average Bonchev–Trinajstić information content (AvgIpc) is 2.94. The van der Waals surface area contributed by atoms with E-state index in [9.17, 15) is 9.59 Å². The standard InChI is InChI=1S/C10H17NO3/c1-7(8-3-4-8)10(14)11(2)6-5-9(12)13/h7-8H,3-6H2,1-2H3,(H,12,13). The van der Waals surface area contributed by atoms with E-state index in [2.05, 4.69) is 0 Å². The Balaban J connectivity index is 2.31. The van der Waals surface area contributed by atoms with Crippen molar-refractivity contribution in [3.05, 3.63) is 0 Å². The van der Waals surface area contributed by atoms with Gasteiger partial charge in [0.25, 0.3) is 0 Å². The molecule has 1 aliphatic carbocycles. The predicted octanol–water partition coefficient (Wildman–Crippen LogP) is 0.966. The van der Waals surface area contributed by atoms with Gasteiger partial charge in [-0.25, -0.2) is 0 Å². The van der Waals surface area contributed by atoms with E-state index in [4.69, 9.17) is 5.11 Å². The van der Waals surface area contributed by atoms with Gasteiger partial charge in [-0.1, -0.05) is 6.92 Å². The molecule has 1 aliphatic rings. The third-order valence-corrected chi connectivity index (χ3v) is 2.76. The molecule has 0 radical (unpaired) electrons. The fraction of sp³-hybridized carbons (Fsp3) is 0.800. The maximum Gasteiger partial charge on any atom is 0.305 e. The maximum atomic E-state index is 11.7. The number of carboxylic acids is 1. The minimum absolute atomic E-state index is 0.0274. The van der Waals surface area contributed by atoms with Gasteiger partial charge in [-0.3, -0.25) is 9.59 Å². The van der Waals surface area contributed by atoms with Crippen LogP contribution >= 0.6 is 0 Å². The van der Waals surface area contributed by atoms with Gasteiger partial charge in [0.15, 0.2) is 0 Å². The normalized spacial score (nSPS) is 17.6. The molecule has 4 heteroatoms. The Kier molecular flexibility index (Phi) is 3.49. The number of carboxylic acid groups (broad SMARTS) is 1. The summed E-state index contributed by atoms with van der Waals surface area (Å²) in [6.45, 7) is 2.24. The second-order valence-electron chi connectivity index (χ2n) is 4.03. The van der Waals surface area contributed by atoms with Crippen LogP contribution in [0.3, 0.4) is 0 Å². The van der Waals surface area contributed by atoms with Gasteiger partial charge in [0.1, 0.15) is 0 Å². The zero-order valence-electron chi connectivity index (χ0n) is 8.69. The number of aliphatic carboxylic acids is 1. The summed E-state index contributed by atoms with van der Waals surface area (Å²) in [7, 11) is 1.67. The lowest BCUT2D eigenvalue weighted by atomic mass is 10.1. The first-order valence-corrected chi connectivity index (χ1v) is 4.99. The molecule has 1 N–H and O–H groups in total. The fourth-order valence-electron chi connectivity index (χ4n) is 1.52. The van der Waals surface area contributed by atoms with E-state index < -0.39 is 5.97 Å². The van der Waals surface area contributed by atoms with Crippen molar-refractivity contribution in [2.24, 2.45) is 11.8 Å². The number of carbonyl (C=O) groups is 2. The van der Waals surface area contributed by atoms with Crippen LogP contribution in [0.4, 0.5) is 0 Å². The monoisotopic (exact) mass is 199 g/mol. The molecule has 1 rings (SSSR count). The highest BCUT2D eigenvalue weighted by molar-refractivity contribution is 5.79. The van der Waals surface area contributed by atoms with Gasteiger partial charge in [-0.15, -0.1) is 0 Å². The Labute approximate surface area is 83.9 Å². The smallest absolute Gasteiger partial charge is 0.305 e. The number of hydrogen-bond acceptors (Lipinski definition) is 2. The van der Waals surface area contributed by atoms with Crippen LogP contribution in [0.25, 0.3) is 0 Å². The highest BCUT2D eigenvalue weighted by atomic mass is 16.4. The minimum Gasteiger partial charge on any atom is -0.481 e. The molecule has 0 aromatic rings. The van der Waals surface area contributed by atoms with Gasteiger partial charge in [0.05, 0.1) is 6.42 Å². The molecule has 0 spiro atoms.